The Bertz CT molecular complexity index is 992. The number of nitrogens with zero attached hydrogens (tertiary/aromatic N) is 1. The molecular weight excluding hydrogens is 360 g/mol. The molecule has 1 aliphatic heterocycles. The Kier molecular flexibility index (Phi) is 5.51. The molecule has 3 rings (SSSR count). The maximum absolute atomic E-state index is 12.6. The van der Waals surface area contributed by atoms with Gasteiger partial charge >= 0.3 is 5.97 Å². The third-order valence-corrected chi connectivity index (χ3v) is 4.11. The number of terminal acetylenes is 1. The van der Waals surface area contributed by atoms with Crippen LogP contribution in [0.15, 0.2) is 48.5 Å². The van der Waals surface area contributed by atoms with Crippen molar-refractivity contribution >= 4 is 23.7 Å². The second kappa shape index (κ2) is 8.18. The standard InChI is InChI=1S/C21H16N2O5/c1-2-10-22-18(24)13-28-21(27)15-8-9-16-17(11-15)20(26)23(19(16)25)12-14-6-4-3-5-7-14/h1,3-9,11H,10,12-13H2,(H,22,24). The zero-order valence-corrected chi connectivity index (χ0v) is 14.8. The fraction of sp³-hybridized carbons (Fsp3) is 0.143. The number of hydrogen-bond acceptors (Lipinski definition) is 5. The molecule has 140 valence electrons. The van der Waals surface area contributed by atoms with Crippen LogP contribution in [0.4, 0.5) is 0 Å². The van der Waals surface area contributed by atoms with Crippen molar-refractivity contribution < 1.29 is 23.9 Å². The molecule has 1 N–H and O–H groups in total. The van der Waals surface area contributed by atoms with E-state index < -0.39 is 30.3 Å². The van der Waals surface area contributed by atoms with E-state index in [2.05, 4.69) is 11.2 Å². The second-order valence-corrected chi connectivity index (χ2v) is 6.00. The SMILES string of the molecule is C#CCNC(=O)COC(=O)c1ccc2c(c1)C(=O)N(Cc1ccccc1)C2=O. The third-order valence-electron chi connectivity index (χ3n) is 4.11. The molecule has 0 bridgehead atoms. The number of amides is 3. The molecule has 0 aromatic heterocycles. The van der Waals surface area contributed by atoms with Gasteiger partial charge in [-0.3, -0.25) is 19.3 Å². The highest BCUT2D eigenvalue weighted by Crippen LogP contribution is 2.26. The van der Waals surface area contributed by atoms with Crippen LogP contribution in [0.25, 0.3) is 0 Å². The minimum Gasteiger partial charge on any atom is -0.452 e. The molecule has 0 spiro atoms. The molecule has 0 atom stereocenters. The van der Waals surface area contributed by atoms with Crippen molar-refractivity contribution in [1.82, 2.24) is 10.2 Å². The quantitative estimate of drug-likeness (QED) is 0.467. The number of carbonyl (C=O) groups excluding carboxylic acids is 4. The molecular formula is C21H16N2O5. The first-order valence-corrected chi connectivity index (χ1v) is 8.42. The van der Waals surface area contributed by atoms with E-state index in [4.69, 9.17) is 11.2 Å². The summed E-state index contributed by atoms with van der Waals surface area (Å²) >= 11 is 0. The van der Waals surface area contributed by atoms with Crippen LogP contribution < -0.4 is 5.32 Å². The number of ether oxygens (including phenoxy) is 1. The van der Waals surface area contributed by atoms with Gasteiger partial charge in [0.25, 0.3) is 17.7 Å². The molecule has 1 aliphatic rings. The summed E-state index contributed by atoms with van der Waals surface area (Å²) < 4.78 is 4.90. The maximum Gasteiger partial charge on any atom is 0.338 e. The summed E-state index contributed by atoms with van der Waals surface area (Å²) in [4.78, 5) is 49.9. The number of rotatable bonds is 6. The topological polar surface area (TPSA) is 92.8 Å². The number of benzene rings is 2. The lowest BCUT2D eigenvalue weighted by Crippen LogP contribution is -2.29. The van der Waals surface area contributed by atoms with E-state index in [1.807, 2.05) is 30.3 Å². The number of imide groups is 1. The van der Waals surface area contributed by atoms with Gasteiger partial charge in [-0.05, 0) is 23.8 Å². The van der Waals surface area contributed by atoms with Crippen LogP contribution in [-0.4, -0.2) is 41.7 Å². The van der Waals surface area contributed by atoms with Crippen LogP contribution in [0.2, 0.25) is 0 Å². The normalized spacial score (nSPS) is 12.3. The fourth-order valence-corrected chi connectivity index (χ4v) is 2.74. The van der Waals surface area contributed by atoms with E-state index in [9.17, 15) is 19.2 Å². The summed E-state index contributed by atoms with van der Waals surface area (Å²) in [5.41, 5.74) is 1.25. The maximum atomic E-state index is 12.6. The molecule has 7 nitrogen and oxygen atoms in total. The van der Waals surface area contributed by atoms with Crippen molar-refractivity contribution in [3.05, 3.63) is 70.8 Å². The molecule has 0 saturated heterocycles. The van der Waals surface area contributed by atoms with Gasteiger partial charge in [-0.15, -0.1) is 6.42 Å². The summed E-state index contributed by atoms with van der Waals surface area (Å²) in [7, 11) is 0. The molecule has 1 heterocycles. The van der Waals surface area contributed by atoms with Gasteiger partial charge in [-0.1, -0.05) is 36.3 Å². The van der Waals surface area contributed by atoms with Crippen molar-refractivity contribution in [2.75, 3.05) is 13.2 Å². The molecule has 28 heavy (non-hydrogen) atoms. The minimum atomic E-state index is -0.777. The van der Waals surface area contributed by atoms with Gasteiger partial charge in [-0.2, -0.15) is 0 Å². The van der Waals surface area contributed by atoms with Crippen LogP contribution in [-0.2, 0) is 16.1 Å². The average Bonchev–Trinajstić information content (AvgIpc) is 2.95. The second-order valence-electron chi connectivity index (χ2n) is 6.00. The van der Waals surface area contributed by atoms with Crippen molar-refractivity contribution in [2.24, 2.45) is 0 Å². The van der Waals surface area contributed by atoms with Gasteiger partial charge in [-0.25, -0.2) is 4.79 Å². The first-order chi connectivity index (χ1) is 13.5. The van der Waals surface area contributed by atoms with Gasteiger partial charge < -0.3 is 10.1 Å². The van der Waals surface area contributed by atoms with Gasteiger partial charge in [0.15, 0.2) is 6.61 Å². The van der Waals surface area contributed by atoms with Crippen LogP contribution >= 0.6 is 0 Å². The van der Waals surface area contributed by atoms with E-state index in [-0.39, 0.29) is 29.8 Å². The molecule has 2 aromatic carbocycles. The smallest absolute Gasteiger partial charge is 0.338 e. The number of nitrogens with one attached hydrogen (secondary N) is 1. The van der Waals surface area contributed by atoms with Gasteiger partial charge in [0, 0.05) is 0 Å². The Morgan fingerprint density at radius 2 is 1.75 bits per heavy atom. The summed E-state index contributed by atoms with van der Waals surface area (Å²) in [5, 5.41) is 2.36. The molecule has 3 amide bonds. The summed E-state index contributed by atoms with van der Waals surface area (Å²) in [6.07, 6.45) is 5.02. The molecule has 0 radical (unpaired) electrons. The Labute approximate surface area is 161 Å². The van der Waals surface area contributed by atoms with E-state index in [0.717, 1.165) is 10.5 Å². The first kappa shape index (κ1) is 18.9. The lowest BCUT2D eigenvalue weighted by atomic mass is 10.1. The molecule has 0 unspecified atom stereocenters. The summed E-state index contributed by atoms with van der Waals surface area (Å²) in [6.45, 7) is -0.323. The third kappa shape index (κ3) is 3.91. The fourth-order valence-electron chi connectivity index (χ4n) is 2.74. The highest BCUT2D eigenvalue weighted by atomic mass is 16.5. The Balaban J connectivity index is 1.71. The van der Waals surface area contributed by atoms with Crippen molar-refractivity contribution in [3.8, 4) is 12.3 Å². The minimum absolute atomic E-state index is 0.0308. The largest absolute Gasteiger partial charge is 0.452 e. The number of carbonyl (C=O) groups is 4. The van der Waals surface area contributed by atoms with Crippen LogP contribution in [0.5, 0.6) is 0 Å². The zero-order chi connectivity index (χ0) is 20.1. The lowest BCUT2D eigenvalue weighted by Gasteiger charge is -2.13. The van der Waals surface area contributed by atoms with Crippen molar-refractivity contribution in [2.45, 2.75) is 6.54 Å². The van der Waals surface area contributed by atoms with Gasteiger partial charge in [0.2, 0.25) is 0 Å². The van der Waals surface area contributed by atoms with Crippen LogP contribution in [0, 0.1) is 12.3 Å². The van der Waals surface area contributed by atoms with E-state index in [0.29, 0.717) is 0 Å². The van der Waals surface area contributed by atoms with Crippen LogP contribution in [0.3, 0.4) is 0 Å². The predicted molar refractivity (Wildman–Crippen MR) is 99.2 cm³/mol. The van der Waals surface area contributed by atoms with E-state index >= 15 is 0 Å². The van der Waals surface area contributed by atoms with Gasteiger partial charge in [0.1, 0.15) is 0 Å². The molecule has 0 fully saturated rings. The average molecular weight is 376 g/mol. The molecule has 7 heteroatoms. The van der Waals surface area contributed by atoms with Gasteiger partial charge in [0.05, 0.1) is 29.8 Å². The Hall–Kier alpha value is -3.92. The Morgan fingerprint density at radius 3 is 2.46 bits per heavy atom. The summed E-state index contributed by atoms with van der Waals surface area (Å²) in [5.74, 6) is 0.0179. The first-order valence-electron chi connectivity index (χ1n) is 8.42. The molecule has 0 saturated carbocycles. The zero-order valence-electron chi connectivity index (χ0n) is 14.8. The van der Waals surface area contributed by atoms with Crippen molar-refractivity contribution in [1.29, 1.82) is 0 Å². The highest BCUT2D eigenvalue weighted by molar-refractivity contribution is 6.21. The van der Waals surface area contributed by atoms with Crippen molar-refractivity contribution in [3.63, 3.8) is 0 Å². The lowest BCUT2D eigenvalue weighted by molar-refractivity contribution is -0.123. The number of esters is 1. The molecule has 0 aliphatic carbocycles. The number of fused-ring (bicyclic) bond motifs is 1. The van der Waals surface area contributed by atoms with E-state index in [1.165, 1.54) is 18.2 Å². The predicted octanol–water partition coefficient (Wildman–Crippen LogP) is 1.39. The molecule has 2 aromatic rings. The number of hydrogen-bond donors (Lipinski definition) is 1. The summed E-state index contributed by atoms with van der Waals surface area (Å²) in [6, 6.07) is 13.2. The monoisotopic (exact) mass is 376 g/mol. The van der Waals surface area contributed by atoms with Crippen LogP contribution in [0.1, 0.15) is 36.6 Å². The van der Waals surface area contributed by atoms with E-state index in [1.54, 1.807) is 0 Å². The Morgan fingerprint density at radius 1 is 1.04 bits per heavy atom. The highest BCUT2D eigenvalue weighted by Gasteiger charge is 2.36.